The van der Waals surface area contributed by atoms with Crippen LogP contribution in [0.15, 0.2) is 27.4 Å². The van der Waals surface area contributed by atoms with Gasteiger partial charge in [0.2, 0.25) is 3.79 Å². The molecule has 0 bridgehead atoms. The molecule has 18 heavy (non-hydrogen) atoms. The number of aromatic nitrogens is 1. The third-order valence-corrected chi connectivity index (χ3v) is 2.94. The first kappa shape index (κ1) is 13.5. The van der Waals surface area contributed by atoms with Crippen LogP contribution in [0.5, 0.6) is 0 Å². The zero-order chi connectivity index (χ0) is 13.5. The summed E-state index contributed by atoms with van der Waals surface area (Å²) >= 11 is 17.4. The molecule has 0 unspecified atom stereocenters. The molecule has 0 aliphatic heterocycles. The van der Waals surface area contributed by atoms with Crippen LogP contribution in [-0.2, 0) is 3.79 Å². The quantitative estimate of drug-likeness (QED) is 0.760. The van der Waals surface area contributed by atoms with Gasteiger partial charge >= 0.3 is 5.76 Å². The van der Waals surface area contributed by atoms with Crippen molar-refractivity contribution in [1.29, 1.82) is 0 Å². The van der Waals surface area contributed by atoms with Crippen molar-refractivity contribution in [3.05, 3.63) is 34.4 Å². The Hall–Kier alpha value is -0.970. The standard InChI is InChI=1S/C11H9Cl3N2O2/c1-16(2)6-3-4-7-8(5-6)18-10(17)15-9(7)11(12,13)14/h3-5H,1-2H3. The Morgan fingerprint density at radius 2 is 1.94 bits per heavy atom. The molecule has 7 heteroatoms. The molecule has 0 fully saturated rings. The molecule has 0 amide bonds. The highest BCUT2D eigenvalue weighted by Crippen LogP contribution is 2.40. The van der Waals surface area contributed by atoms with E-state index in [0.29, 0.717) is 11.0 Å². The first-order chi connectivity index (χ1) is 8.29. The van der Waals surface area contributed by atoms with Gasteiger partial charge in [-0.1, -0.05) is 34.8 Å². The number of alkyl halides is 3. The predicted octanol–water partition coefficient (Wildman–Crippen LogP) is 3.08. The molecule has 1 heterocycles. The lowest BCUT2D eigenvalue weighted by Crippen LogP contribution is -2.14. The third-order valence-electron chi connectivity index (χ3n) is 2.41. The van der Waals surface area contributed by atoms with Gasteiger partial charge in [-0.05, 0) is 12.1 Å². The Bertz CT molecular complexity index is 647. The monoisotopic (exact) mass is 306 g/mol. The van der Waals surface area contributed by atoms with E-state index in [-0.39, 0.29) is 5.69 Å². The first-order valence-corrected chi connectivity index (χ1v) is 6.12. The van der Waals surface area contributed by atoms with Gasteiger partial charge in [-0.25, -0.2) is 4.79 Å². The van der Waals surface area contributed by atoms with Crippen molar-refractivity contribution in [2.45, 2.75) is 3.79 Å². The molecule has 0 saturated carbocycles. The fourth-order valence-corrected chi connectivity index (χ4v) is 1.99. The summed E-state index contributed by atoms with van der Waals surface area (Å²) in [5.41, 5.74) is 1.28. The van der Waals surface area contributed by atoms with E-state index in [0.717, 1.165) is 5.69 Å². The Balaban J connectivity index is 2.79. The van der Waals surface area contributed by atoms with Gasteiger partial charge in [-0.3, -0.25) is 0 Å². The van der Waals surface area contributed by atoms with E-state index in [4.69, 9.17) is 39.2 Å². The van der Waals surface area contributed by atoms with Crippen LogP contribution < -0.4 is 10.7 Å². The van der Waals surface area contributed by atoms with E-state index < -0.39 is 9.55 Å². The smallest absolute Gasteiger partial charge is 0.408 e. The minimum absolute atomic E-state index is 0.0732. The predicted molar refractivity (Wildman–Crippen MR) is 73.8 cm³/mol. The molecule has 0 spiro atoms. The summed E-state index contributed by atoms with van der Waals surface area (Å²) in [4.78, 5) is 16.9. The van der Waals surface area contributed by atoms with Gasteiger partial charge in [0.15, 0.2) is 0 Å². The van der Waals surface area contributed by atoms with Crippen LogP contribution >= 0.6 is 34.8 Å². The molecule has 2 aromatic rings. The molecule has 1 aromatic heterocycles. The van der Waals surface area contributed by atoms with Gasteiger partial charge in [0.1, 0.15) is 11.3 Å². The maximum Gasteiger partial charge on any atom is 0.439 e. The lowest BCUT2D eigenvalue weighted by molar-refractivity contribution is 0.527. The van der Waals surface area contributed by atoms with Crippen molar-refractivity contribution in [2.75, 3.05) is 19.0 Å². The number of fused-ring (bicyclic) bond motifs is 1. The maximum atomic E-state index is 11.4. The van der Waals surface area contributed by atoms with E-state index in [1.807, 2.05) is 25.1 Å². The Labute approximate surface area is 118 Å². The molecule has 0 atom stereocenters. The van der Waals surface area contributed by atoms with Crippen molar-refractivity contribution in [2.24, 2.45) is 0 Å². The Morgan fingerprint density at radius 3 is 2.50 bits per heavy atom. The lowest BCUT2D eigenvalue weighted by atomic mass is 10.2. The molecule has 0 aliphatic rings. The number of hydrogen-bond donors (Lipinski definition) is 0. The van der Waals surface area contributed by atoms with Crippen LogP contribution in [-0.4, -0.2) is 19.1 Å². The summed E-state index contributed by atoms with van der Waals surface area (Å²) in [6, 6.07) is 5.22. The third kappa shape index (κ3) is 2.55. The molecular formula is C11H9Cl3N2O2. The zero-order valence-electron chi connectivity index (χ0n) is 9.58. The Morgan fingerprint density at radius 1 is 1.28 bits per heavy atom. The Kier molecular flexibility index (Phi) is 3.45. The number of nitrogens with zero attached hydrogens (tertiary/aromatic N) is 2. The summed E-state index contributed by atoms with van der Waals surface area (Å²) in [5, 5.41) is 0.500. The fraction of sp³-hybridized carbons (Fsp3) is 0.273. The summed E-state index contributed by atoms with van der Waals surface area (Å²) < 4.78 is 3.25. The number of hydrogen-bond acceptors (Lipinski definition) is 4. The molecule has 0 radical (unpaired) electrons. The highest BCUT2D eigenvalue weighted by atomic mass is 35.6. The molecule has 4 nitrogen and oxygen atoms in total. The molecule has 96 valence electrons. The van der Waals surface area contributed by atoms with Crippen molar-refractivity contribution in [3.63, 3.8) is 0 Å². The van der Waals surface area contributed by atoms with Crippen LogP contribution in [0.4, 0.5) is 5.69 Å². The van der Waals surface area contributed by atoms with Gasteiger partial charge in [-0.15, -0.1) is 0 Å². The highest BCUT2D eigenvalue weighted by Gasteiger charge is 2.28. The minimum Gasteiger partial charge on any atom is -0.408 e. The second kappa shape index (κ2) is 4.61. The van der Waals surface area contributed by atoms with Crippen LogP contribution in [0.1, 0.15) is 5.69 Å². The van der Waals surface area contributed by atoms with Gasteiger partial charge in [0, 0.05) is 31.2 Å². The second-order valence-electron chi connectivity index (χ2n) is 3.90. The molecule has 1 aromatic carbocycles. The van der Waals surface area contributed by atoms with Crippen molar-refractivity contribution < 1.29 is 4.42 Å². The maximum absolute atomic E-state index is 11.4. The highest BCUT2D eigenvalue weighted by molar-refractivity contribution is 6.67. The summed E-state index contributed by atoms with van der Waals surface area (Å²) in [5.74, 6) is -0.792. The van der Waals surface area contributed by atoms with Crippen molar-refractivity contribution >= 4 is 51.5 Å². The largest absolute Gasteiger partial charge is 0.439 e. The van der Waals surface area contributed by atoms with Gasteiger partial charge in [0.05, 0.1) is 0 Å². The van der Waals surface area contributed by atoms with Crippen molar-refractivity contribution in [3.8, 4) is 0 Å². The van der Waals surface area contributed by atoms with E-state index in [9.17, 15) is 4.79 Å². The van der Waals surface area contributed by atoms with Crippen LogP contribution in [0.25, 0.3) is 11.0 Å². The fourth-order valence-electron chi connectivity index (χ4n) is 1.55. The van der Waals surface area contributed by atoms with E-state index >= 15 is 0 Å². The normalized spacial score (nSPS) is 11.8. The number of halogens is 3. The molecular weight excluding hydrogens is 298 g/mol. The summed E-state index contributed by atoms with van der Waals surface area (Å²) in [6.07, 6.45) is 0. The van der Waals surface area contributed by atoms with Crippen molar-refractivity contribution in [1.82, 2.24) is 4.98 Å². The molecule has 2 rings (SSSR count). The lowest BCUT2D eigenvalue weighted by Gasteiger charge is -2.15. The number of anilines is 1. The van der Waals surface area contributed by atoms with Gasteiger partial charge < -0.3 is 9.32 Å². The molecule has 0 saturated heterocycles. The second-order valence-corrected chi connectivity index (χ2v) is 6.18. The van der Waals surface area contributed by atoms with E-state index in [1.54, 1.807) is 12.1 Å². The number of rotatable bonds is 1. The molecule has 0 N–H and O–H groups in total. The topological polar surface area (TPSA) is 46.3 Å². The van der Waals surface area contributed by atoms with Crippen LogP contribution in [0, 0.1) is 0 Å². The number of benzene rings is 1. The first-order valence-electron chi connectivity index (χ1n) is 4.98. The van der Waals surface area contributed by atoms with Gasteiger partial charge in [0.25, 0.3) is 0 Å². The molecule has 0 aliphatic carbocycles. The van der Waals surface area contributed by atoms with Crippen LogP contribution in [0.2, 0.25) is 0 Å². The minimum atomic E-state index is -1.77. The van der Waals surface area contributed by atoms with Gasteiger partial charge in [-0.2, -0.15) is 4.98 Å². The summed E-state index contributed by atoms with van der Waals surface area (Å²) in [7, 11) is 3.74. The van der Waals surface area contributed by atoms with E-state index in [2.05, 4.69) is 4.98 Å². The van der Waals surface area contributed by atoms with E-state index in [1.165, 1.54) is 0 Å². The average molecular weight is 308 g/mol. The van der Waals surface area contributed by atoms with Crippen LogP contribution in [0.3, 0.4) is 0 Å². The zero-order valence-corrected chi connectivity index (χ0v) is 11.8. The summed E-state index contributed by atoms with van der Waals surface area (Å²) in [6.45, 7) is 0. The SMILES string of the molecule is CN(C)c1ccc2c(C(Cl)(Cl)Cl)nc(=O)oc2c1. The average Bonchev–Trinajstić information content (AvgIpc) is 2.25.